The number of aliphatic hydroxyl groups is 1. The molecule has 1 unspecified atom stereocenters. The minimum Gasteiger partial charge on any atom is -0.462 e. The van der Waals surface area contributed by atoms with Crippen molar-refractivity contribution >= 4 is 11.9 Å². The molecule has 0 amide bonds. The first kappa shape index (κ1) is 81.1. The molecular formula is C79H142O5. The van der Waals surface area contributed by atoms with Crippen LogP contribution in [0.2, 0.25) is 0 Å². The van der Waals surface area contributed by atoms with Crippen LogP contribution in [0.25, 0.3) is 0 Å². The van der Waals surface area contributed by atoms with E-state index < -0.39 is 6.10 Å². The average molecular weight is 1170 g/mol. The maximum absolute atomic E-state index is 12.4. The molecule has 0 aliphatic heterocycles. The Bertz CT molecular complexity index is 1520. The quantitative estimate of drug-likeness (QED) is 0.0373. The van der Waals surface area contributed by atoms with Crippen molar-refractivity contribution in [3.05, 3.63) is 85.1 Å². The maximum atomic E-state index is 12.4. The van der Waals surface area contributed by atoms with Crippen molar-refractivity contribution in [2.45, 2.75) is 392 Å². The molecule has 5 nitrogen and oxygen atoms in total. The molecule has 0 aliphatic rings. The van der Waals surface area contributed by atoms with E-state index in [1.807, 2.05) is 0 Å². The highest BCUT2D eigenvalue weighted by molar-refractivity contribution is 5.70. The number of unbranched alkanes of at least 4 members (excludes halogenated alkanes) is 47. The Morgan fingerprint density at radius 2 is 0.512 bits per heavy atom. The molecule has 1 N–H and O–H groups in total. The maximum Gasteiger partial charge on any atom is 0.306 e. The number of hydrogen-bond donors (Lipinski definition) is 1. The zero-order valence-corrected chi connectivity index (χ0v) is 56.2. The first-order chi connectivity index (χ1) is 41.6. The van der Waals surface area contributed by atoms with Crippen LogP contribution < -0.4 is 0 Å². The standard InChI is InChI=1S/C79H142O5/c1-3-5-7-9-11-13-15-17-19-21-23-25-27-29-31-33-35-36-37-38-39-40-41-42-44-45-47-49-51-53-55-57-59-61-63-65-67-69-71-73-78(81)83-76-77(75-80)84-79(82)74-72-70-68-66-64-62-60-58-56-54-52-50-48-46-43-34-32-30-28-26-24-22-20-18-16-14-12-10-8-6-4-2/h6,8,12,14,18,20-21,23-24,26,30,32,43,46,77,80H,3-5,7,9-11,13,15-17,19,22,25,27-29,31,33-42,44-45,47-76H2,1-2H3/b8-6-,14-12-,20-18-,23-21-,26-24-,32-30-,46-43-. The van der Waals surface area contributed by atoms with Crippen LogP contribution in [0.15, 0.2) is 85.1 Å². The van der Waals surface area contributed by atoms with Gasteiger partial charge < -0.3 is 14.6 Å². The second kappa shape index (κ2) is 74.3. The van der Waals surface area contributed by atoms with Gasteiger partial charge in [0, 0.05) is 12.8 Å². The van der Waals surface area contributed by atoms with Gasteiger partial charge in [-0.1, -0.05) is 369 Å². The van der Waals surface area contributed by atoms with E-state index in [0.717, 1.165) is 77.0 Å². The third-order valence-electron chi connectivity index (χ3n) is 16.7. The topological polar surface area (TPSA) is 72.8 Å². The van der Waals surface area contributed by atoms with Crippen molar-refractivity contribution in [3.63, 3.8) is 0 Å². The molecule has 0 aromatic carbocycles. The highest BCUT2D eigenvalue weighted by Gasteiger charge is 2.16. The Morgan fingerprint density at radius 3 is 0.786 bits per heavy atom. The fraction of sp³-hybridized carbons (Fsp3) is 0.797. The molecule has 0 aliphatic carbocycles. The van der Waals surface area contributed by atoms with E-state index in [1.165, 1.54) is 283 Å². The second-order valence-corrected chi connectivity index (χ2v) is 25.0. The Balaban J connectivity index is 3.41. The van der Waals surface area contributed by atoms with Crippen LogP contribution in [0.3, 0.4) is 0 Å². The monoisotopic (exact) mass is 1170 g/mol. The third kappa shape index (κ3) is 71.6. The minimum atomic E-state index is -0.777. The summed E-state index contributed by atoms with van der Waals surface area (Å²) in [6.07, 6.45) is 105. The SMILES string of the molecule is CC/C=C\C/C=C\C/C=C\C/C=C\C/C=C\C/C=C\CCCCCCCCCCCCCCC(=O)OC(CO)COC(=O)CCCCCCCCCCCCCCCCCCCCCCCCCCCCC/C=C\CCCCCCCCCC. The van der Waals surface area contributed by atoms with E-state index >= 15 is 0 Å². The predicted molar refractivity (Wildman–Crippen MR) is 371 cm³/mol. The lowest BCUT2D eigenvalue weighted by molar-refractivity contribution is -0.161. The van der Waals surface area contributed by atoms with Crippen molar-refractivity contribution in [3.8, 4) is 0 Å². The van der Waals surface area contributed by atoms with Gasteiger partial charge in [-0.15, -0.1) is 0 Å². The molecule has 0 radical (unpaired) electrons. The third-order valence-corrected chi connectivity index (χ3v) is 16.7. The average Bonchev–Trinajstić information content (AvgIpc) is 3.51. The highest BCUT2D eigenvalue weighted by Crippen LogP contribution is 2.19. The number of allylic oxidation sites excluding steroid dienone is 14. The normalized spacial score (nSPS) is 12.7. The number of rotatable bonds is 69. The number of aliphatic hydroxyl groups excluding tert-OH is 1. The molecule has 0 fully saturated rings. The van der Waals surface area contributed by atoms with E-state index in [0.29, 0.717) is 12.8 Å². The summed E-state index contributed by atoms with van der Waals surface area (Å²) >= 11 is 0. The largest absolute Gasteiger partial charge is 0.462 e. The Labute approximate surface area is 524 Å². The van der Waals surface area contributed by atoms with E-state index in [9.17, 15) is 14.7 Å². The van der Waals surface area contributed by atoms with Crippen molar-refractivity contribution < 1.29 is 24.2 Å². The summed E-state index contributed by atoms with van der Waals surface area (Å²) in [5.41, 5.74) is 0. The van der Waals surface area contributed by atoms with Crippen molar-refractivity contribution in [2.75, 3.05) is 13.2 Å². The number of ether oxygens (including phenoxy) is 2. The van der Waals surface area contributed by atoms with E-state index in [-0.39, 0.29) is 25.2 Å². The summed E-state index contributed by atoms with van der Waals surface area (Å²) in [4.78, 5) is 24.7. The molecule has 0 spiro atoms. The lowest BCUT2D eigenvalue weighted by atomic mass is 10.0. The van der Waals surface area contributed by atoms with Gasteiger partial charge in [0.1, 0.15) is 6.61 Å². The molecule has 0 saturated heterocycles. The van der Waals surface area contributed by atoms with Crippen LogP contribution in [0.4, 0.5) is 0 Å². The predicted octanol–water partition coefficient (Wildman–Crippen LogP) is 26.0. The van der Waals surface area contributed by atoms with Gasteiger partial charge in [-0.3, -0.25) is 9.59 Å². The molecule has 84 heavy (non-hydrogen) atoms. The fourth-order valence-corrected chi connectivity index (χ4v) is 11.1. The fourth-order valence-electron chi connectivity index (χ4n) is 11.1. The lowest BCUT2D eigenvalue weighted by Gasteiger charge is -2.15. The van der Waals surface area contributed by atoms with E-state index in [1.54, 1.807) is 0 Å². The van der Waals surface area contributed by atoms with Gasteiger partial charge in [-0.25, -0.2) is 0 Å². The number of esters is 2. The van der Waals surface area contributed by atoms with Gasteiger partial charge in [-0.2, -0.15) is 0 Å². The van der Waals surface area contributed by atoms with E-state index in [4.69, 9.17) is 9.47 Å². The highest BCUT2D eigenvalue weighted by atomic mass is 16.6. The second-order valence-electron chi connectivity index (χ2n) is 25.0. The lowest BCUT2D eigenvalue weighted by Crippen LogP contribution is -2.28. The van der Waals surface area contributed by atoms with Crippen LogP contribution in [0.5, 0.6) is 0 Å². The van der Waals surface area contributed by atoms with E-state index in [2.05, 4.69) is 98.9 Å². The van der Waals surface area contributed by atoms with Gasteiger partial charge in [0.15, 0.2) is 6.10 Å². The first-order valence-corrected chi connectivity index (χ1v) is 37.1. The van der Waals surface area contributed by atoms with Gasteiger partial charge in [0.05, 0.1) is 6.61 Å². The minimum absolute atomic E-state index is 0.0652. The van der Waals surface area contributed by atoms with Gasteiger partial charge in [-0.05, 0) is 89.9 Å². The smallest absolute Gasteiger partial charge is 0.306 e. The molecule has 0 bridgehead atoms. The number of hydrogen-bond acceptors (Lipinski definition) is 5. The van der Waals surface area contributed by atoms with Crippen LogP contribution in [-0.4, -0.2) is 36.4 Å². The number of carbonyl (C=O) groups is 2. The molecule has 0 heterocycles. The molecule has 0 aromatic heterocycles. The van der Waals surface area contributed by atoms with Gasteiger partial charge in [0.2, 0.25) is 0 Å². The van der Waals surface area contributed by atoms with Crippen molar-refractivity contribution in [2.24, 2.45) is 0 Å². The summed E-state index contributed by atoms with van der Waals surface area (Å²) in [6, 6.07) is 0. The molecular weight excluding hydrogens is 1030 g/mol. The van der Waals surface area contributed by atoms with Crippen LogP contribution >= 0.6 is 0 Å². The summed E-state index contributed by atoms with van der Waals surface area (Å²) in [7, 11) is 0. The number of carbonyl (C=O) groups excluding carboxylic acids is 2. The zero-order chi connectivity index (χ0) is 60.5. The van der Waals surface area contributed by atoms with Crippen LogP contribution in [0.1, 0.15) is 386 Å². The Kier molecular flexibility index (Phi) is 71.7. The molecule has 1 atom stereocenters. The summed E-state index contributed by atoms with van der Waals surface area (Å²) in [6.45, 7) is 4.07. The molecule has 0 saturated carbocycles. The first-order valence-electron chi connectivity index (χ1n) is 37.1. The van der Waals surface area contributed by atoms with Crippen LogP contribution in [0, 0.1) is 0 Å². The summed E-state index contributed by atoms with van der Waals surface area (Å²) in [5, 5.41) is 9.71. The molecule has 5 heteroatoms. The van der Waals surface area contributed by atoms with Crippen molar-refractivity contribution in [1.82, 2.24) is 0 Å². The summed E-state index contributed by atoms with van der Waals surface area (Å²) in [5.74, 6) is -0.577. The van der Waals surface area contributed by atoms with Gasteiger partial charge >= 0.3 is 11.9 Å². The van der Waals surface area contributed by atoms with Gasteiger partial charge in [0.25, 0.3) is 0 Å². The van der Waals surface area contributed by atoms with Crippen LogP contribution in [-0.2, 0) is 19.1 Å². The van der Waals surface area contributed by atoms with Crippen molar-refractivity contribution in [1.29, 1.82) is 0 Å². The molecule has 0 aromatic rings. The Morgan fingerprint density at radius 1 is 0.286 bits per heavy atom. The molecule has 488 valence electrons. The Hall–Kier alpha value is -2.92. The molecule has 0 rings (SSSR count). The zero-order valence-electron chi connectivity index (χ0n) is 56.2. The summed E-state index contributed by atoms with van der Waals surface area (Å²) < 4.78 is 10.8.